The molecular formula is C15H16FNO2S. The number of nitrogens with zero attached hydrogens (tertiary/aromatic N) is 1. The maximum Gasteiger partial charge on any atom is 0.306 e. The van der Waals surface area contributed by atoms with Gasteiger partial charge in [0.1, 0.15) is 10.8 Å². The van der Waals surface area contributed by atoms with Crippen LogP contribution in [0.25, 0.3) is 10.6 Å². The number of rotatable bonds is 5. The van der Waals surface area contributed by atoms with Crippen molar-refractivity contribution in [1.82, 2.24) is 4.98 Å². The first-order chi connectivity index (χ1) is 9.58. The second kappa shape index (κ2) is 6.61. The highest BCUT2D eigenvalue weighted by atomic mass is 32.1. The zero-order valence-electron chi connectivity index (χ0n) is 11.5. The molecule has 0 unspecified atom stereocenters. The van der Waals surface area contributed by atoms with Crippen molar-refractivity contribution >= 4 is 17.3 Å². The summed E-state index contributed by atoms with van der Waals surface area (Å²) in [7, 11) is 0. The first-order valence-electron chi connectivity index (χ1n) is 6.46. The van der Waals surface area contributed by atoms with Crippen molar-refractivity contribution in [2.24, 2.45) is 0 Å². The minimum atomic E-state index is -0.261. The summed E-state index contributed by atoms with van der Waals surface area (Å²) in [6.07, 6.45) is 0.864. The fraction of sp³-hybridized carbons (Fsp3) is 0.333. The molecule has 0 bridgehead atoms. The van der Waals surface area contributed by atoms with E-state index in [4.69, 9.17) is 4.74 Å². The first kappa shape index (κ1) is 14.7. The molecular weight excluding hydrogens is 277 g/mol. The summed E-state index contributed by atoms with van der Waals surface area (Å²) in [6.45, 7) is 4.02. The van der Waals surface area contributed by atoms with Crippen LogP contribution in [0, 0.1) is 12.7 Å². The van der Waals surface area contributed by atoms with Crippen LogP contribution in [0.5, 0.6) is 0 Å². The molecule has 0 spiro atoms. The third-order valence-electron chi connectivity index (χ3n) is 2.73. The Hall–Kier alpha value is -1.75. The van der Waals surface area contributed by atoms with E-state index in [-0.39, 0.29) is 11.8 Å². The van der Waals surface area contributed by atoms with Crippen molar-refractivity contribution in [3.8, 4) is 10.6 Å². The van der Waals surface area contributed by atoms with Crippen LogP contribution in [0.3, 0.4) is 0 Å². The van der Waals surface area contributed by atoms with Crippen LogP contribution < -0.4 is 0 Å². The third-order valence-corrected chi connectivity index (χ3v) is 3.67. The Balaban J connectivity index is 2.06. The van der Waals surface area contributed by atoms with Crippen LogP contribution >= 0.6 is 11.3 Å². The van der Waals surface area contributed by atoms with E-state index in [0.717, 1.165) is 21.8 Å². The topological polar surface area (TPSA) is 39.2 Å². The lowest BCUT2D eigenvalue weighted by molar-refractivity contribution is -0.143. The summed E-state index contributed by atoms with van der Waals surface area (Å²) < 4.78 is 18.2. The minimum Gasteiger partial charge on any atom is -0.466 e. The lowest BCUT2D eigenvalue weighted by atomic mass is 10.1. The Kier molecular flexibility index (Phi) is 4.84. The Morgan fingerprint density at radius 3 is 2.90 bits per heavy atom. The van der Waals surface area contributed by atoms with E-state index in [9.17, 15) is 9.18 Å². The molecule has 0 saturated heterocycles. The lowest BCUT2D eigenvalue weighted by Gasteiger charge is -2.00. The standard InChI is InChI=1S/C15H16FNO2S/c1-3-19-14(18)5-4-13-9-20-15(17-13)11-6-10(2)7-12(16)8-11/h6-9H,3-5H2,1-2H3. The van der Waals surface area contributed by atoms with Crippen LogP contribution in [-0.4, -0.2) is 17.6 Å². The molecule has 1 heterocycles. The maximum absolute atomic E-state index is 13.4. The zero-order chi connectivity index (χ0) is 14.5. The summed E-state index contributed by atoms with van der Waals surface area (Å²) in [5.74, 6) is -0.480. The number of hydrogen-bond donors (Lipinski definition) is 0. The zero-order valence-corrected chi connectivity index (χ0v) is 12.3. The summed E-state index contributed by atoms with van der Waals surface area (Å²) in [5, 5.41) is 2.67. The molecule has 0 radical (unpaired) electrons. The predicted molar refractivity (Wildman–Crippen MR) is 77.2 cm³/mol. The summed E-state index contributed by atoms with van der Waals surface area (Å²) in [6, 6.07) is 4.86. The number of carbonyl (C=O) groups is 1. The molecule has 0 saturated carbocycles. The van der Waals surface area contributed by atoms with Crippen LogP contribution in [0.2, 0.25) is 0 Å². The SMILES string of the molecule is CCOC(=O)CCc1csc(-c2cc(C)cc(F)c2)n1. The Morgan fingerprint density at radius 2 is 2.20 bits per heavy atom. The van der Waals surface area contributed by atoms with Crippen molar-refractivity contribution in [3.05, 3.63) is 40.7 Å². The highest BCUT2D eigenvalue weighted by molar-refractivity contribution is 7.13. The van der Waals surface area contributed by atoms with Crippen LogP contribution in [-0.2, 0) is 16.0 Å². The molecule has 0 amide bonds. The van der Waals surface area contributed by atoms with Crippen molar-refractivity contribution in [3.63, 3.8) is 0 Å². The summed E-state index contributed by atoms with van der Waals surface area (Å²) in [5.41, 5.74) is 2.47. The van der Waals surface area contributed by atoms with Gasteiger partial charge in [-0.3, -0.25) is 4.79 Å². The van der Waals surface area contributed by atoms with Crippen molar-refractivity contribution in [2.75, 3.05) is 6.61 Å². The third kappa shape index (κ3) is 3.87. The lowest BCUT2D eigenvalue weighted by Crippen LogP contribution is -2.05. The van der Waals surface area contributed by atoms with Gasteiger partial charge in [-0.05, 0) is 37.6 Å². The van der Waals surface area contributed by atoms with E-state index in [1.54, 1.807) is 6.92 Å². The molecule has 0 aliphatic carbocycles. The smallest absolute Gasteiger partial charge is 0.306 e. The van der Waals surface area contributed by atoms with Gasteiger partial charge < -0.3 is 4.74 Å². The van der Waals surface area contributed by atoms with E-state index in [2.05, 4.69) is 4.98 Å². The average molecular weight is 293 g/mol. The second-order valence-electron chi connectivity index (χ2n) is 4.47. The monoisotopic (exact) mass is 293 g/mol. The molecule has 0 atom stereocenters. The molecule has 3 nitrogen and oxygen atoms in total. The minimum absolute atomic E-state index is 0.219. The van der Waals surface area contributed by atoms with Gasteiger partial charge in [-0.25, -0.2) is 9.37 Å². The number of esters is 1. The number of aryl methyl sites for hydroxylation is 2. The van der Waals surface area contributed by atoms with E-state index >= 15 is 0 Å². The van der Waals surface area contributed by atoms with Gasteiger partial charge in [-0.1, -0.05) is 0 Å². The summed E-state index contributed by atoms with van der Waals surface area (Å²) in [4.78, 5) is 15.7. The predicted octanol–water partition coefficient (Wildman–Crippen LogP) is 3.75. The van der Waals surface area contributed by atoms with Crippen molar-refractivity contribution < 1.29 is 13.9 Å². The van der Waals surface area contributed by atoms with E-state index < -0.39 is 0 Å². The fourth-order valence-electron chi connectivity index (χ4n) is 1.88. The maximum atomic E-state index is 13.4. The van der Waals surface area contributed by atoms with Gasteiger partial charge in [0.2, 0.25) is 0 Å². The van der Waals surface area contributed by atoms with E-state index in [1.807, 2.05) is 18.4 Å². The largest absolute Gasteiger partial charge is 0.466 e. The Labute approximate surface area is 121 Å². The molecule has 1 aromatic carbocycles. The molecule has 2 aromatic rings. The van der Waals surface area contributed by atoms with Gasteiger partial charge >= 0.3 is 5.97 Å². The van der Waals surface area contributed by atoms with Crippen molar-refractivity contribution in [2.45, 2.75) is 26.7 Å². The quantitative estimate of drug-likeness (QED) is 0.788. The molecule has 0 fully saturated rings. The van der Waals surface area contributed by atoms with Gasteiger partial charge in [0.15, 0.2) is 0 Å². The van der Waals surface area contributed by atoms with E-state index in [1.165, 1.54) is 23.5 Å². The molecule has 5 heteroatoms. The molecule has 2 rings (SSSR count). The molecule has 20 heavy (non-hydrogen) atoms. The number of ether oxygens (including phenoxy) is 1. The molecule has 0 aliphatic rings. The normalized spacial score (nSPS) is 10.6. The Morgan fingerprint density at radius 1 is 1.40 bits per heavy atom. The molecule has 1 aromatic heterocycles. The number of halogens is 1. The first-order valence-corrected chi connectivity index (χ1v) is 7.34. The van der Waals surface area contributed by atoms with E-state index in [0.29, 0.717) is 19.4 Å². The number of hydrogen-bond acceptors (Lipinski definition) is 4. The van der Waals surface area contributed by atoms with Crippen LogP contribution in [0.15, 0.2) is 23.6 Å². The number of carbonyl (C=O) groups excluding carboxylic acids is 1. The molecule has 0 aliphatic heterocycles. The fourth-order valence-corrected chi connectivity index (χ4v) is 2.72. The number of aromatic nitrogens is 1. The van der Waals surface area contributed by atoms with Gasteiger partial charge in [0.25, 0.3) is 0 Å². The molecule has 106 valence electrons. The van der Waals surface area contributed by atoms with Crippen molar-refractivity contribution in [1.29, 1.82) is 0 Å². The van der Waals surface area contributed by atoms with Crippen LogP contribution in [0.1, 0.15) is 24.6 Å². The highest BCUT2D eigenvalue weighted by Crippen LogP contribution is 2.26. The van der Waals surface area contributed by atoms with Gasteiger partial charge in [0.05, 0.1) is 18.7 Å². The van der Waals surface area contributed by atoms with Gasteiger partial charge in [0, 0.05) is 17.4 Å². The van der Waals surface area contributed by atoms with Gasteiger partial charge in [-0.15, -0.1) is 11.3 Å². The Bertz CT molecular complexity index is 589. The summed E-state index contributed by atoms with van der Waals surface area (Å²) >= 11 is 1.46. The van der Waals surface area contributed by atoms with Crippen LogP contribution in [0.4, 0.5) is 4.39 Å². The molecule has 0 N–H and O–H groups in total. The number of thiazole rings is 1. The number of benzene rings is 1. The van der Waals surface area contributed by atoms with Gasteiger partial charge in [-0.2, -0.15) is 0 Å². The average Bonchev–Trinajstić information content (AvgIpc) is 2.84. The highest BCUT2D eigenvalue weighted by Gasteiger charge is 2.09. The second-order valence-corrected chi connectivity index (χ2v) is 5.32.